The molecule has 27 heavy (non-hydrogen) atoms. The van der Waals surface area contributed by atoms with Gasteiger partial charge in [-0.05, 0) is 18.2 Å². The average molecular weight is 391 g/mol. The molecule has 2 aromatic carbocycles. The first kappa shape index (κ1) is 18.8. The number of methoxy groups -OCH3 is 2. The second kappa shape index (κ2) is 8.18. The minimum Gasteiger partial charge on any atom is -0.495 e. The third kappa shape index (κ3) is 4.25. The van der Waals surface area contributed by atoms with Gasteiger partial charge in [0, 0.05) is 12.5 Å². The number of benzene rings is 2. The molecule has 3 rings (SSSR count). The van der Waals surface area contributed by atoms with E-state index < -0.39 is 5.92 Å². The number of nitrogens with one attached hydrogen (secondary N) is 2. The maximum atomic E-state index is 12.5. The van der Waals surface area contributed by atoms with Gasteiger partial charge < -0.3 is 24.8 Å². The van der Waals surface area contributed by atoms with E-state index in [9.17, 15) is 9.59 Å². The van der Waals surface area contributed by atoms with Gasteiger partial charge >= 0.3 is 0 Å². The molecular weight excluding hydrogens is 372 g/mol. The molecule has 2 amide bonds. The summed E-state index contributed by atoms with van der Waals surface area (Å²) in [5.41, 5.74) is 0.987. The predicted octanol–water partition coefficient (Wildman–Crippen LogP) is 3.33. The quantitative estimate of drug-likeness (QED) is 0.817. The summed E-state index contributed by atoms with van der Waals surface area (Å²) in [4.78, 5) is 24.9. The van der Waals surface area contributed by atoms with Crippen molar-refractivity contribution in [1.82, 2.24) is 0 Å². The van der Waals surface area contributed by atoms with Gasteiger partial charge in [0.1, 0.15) is 23.9 Å². The molecule has 2 aromatic rings. The molecule has 0 saturated heterocycles. The van der Waals surface area contributed by atoms with Gasteiger partial charge in [-0.3, -0.25) is 9.59 Å². The van der Waals surface area contributed by atoms with Gasteiger partial charge in [0.15, 0.2) is 0 Å². The molecular formula is C19H19ClN2O5. The number of fused-ring (bicyclic) bond motifs is 1. The Morgan fingerprint density at radius 1 is 1.26 bits per heavy atom. The number of rotatable bonds is 5. The summed E-state index contributed by atoms with van der Waals surface area (Å²) < 4.78 is 16.0. The van der Waals surface area contributed by atoms with Crippen LogP contribution in [-0.4, -0.2) is 32.6 Å². The fraction of sp³-hybridized carbons (Fsp3) is 0.263. The minimum absolute atomic E-state index is 0.0490. The smallest absolute Gasteiger partial charge is 0.231 e. The Morgan fingerprint density at radius 3 is 2.74 bits per heavy atom. The first-order valence-corrected chi connectivity index (χ1v) is 8.63. The molecule has 0 fully saturated rings. The van der Waals surface area contributed by atoms with Crippen molar-refractivity contribution in [2.75, 3.05) is 31.5 Å². The maximum absolute atomic E-state index is 12.5. The van der Waals surface area contributed by atoms with Crippen LogP contribution in [0.15, 0.2) is 36.4 Å². The van der Waals surface area contributed by atoms with Gasteiger partial charge in [-0.15, -0.1) is 0 Å². The highest BCUT2D eigenvalue weighted by Crippen LogP contribution is 2.36. The van der Waals surface area contributed by atoms with Gasteiger partial charge in [-0.25, -0.2) is 0 Å². The van der Waals surface area contributed by atoms with Crippen molar-refractivity contribution in [3.8, 4) is 17.2 Å². The first-order valence-electron chi connectivity index (χ1n) is 8.26. The fourth-order valence-electron chi connectivity index (χ4n) is 2.73. The van der Waals surface area contributed by atoms with Gasteiger partial charge in [0.2, 0.25) is 11.8 Å². The van der Waals surface area contributed by atoms with Crippen molar-refractivity contribution in [1.29, 1.82) is 0 Å². The zero-order valence-electron chi connectivity index (χ0n) is 14.9. The Kier molecular flexibility index (Phi) is 5.71. The van der Waals surface area contributed by atoms with Crippen LogP contribution >= 0.6 is 11.6 Å². The molecule has 1 atom stereocenters. The lowest BCUT2D eigenvalue weighted by Crippen LogP contribution is -2.29. The van der Waals surface area contributed by atoms with Crippen LogP contribution in [0.2, 0.25) is 5.02 Å². The summed E-state index contributed by atoms with van der Waals surface area (Å²) in [6.07, 6.45) is -0.0490. The summed E-state index contributed by atoms with van der Waals surface area (Å²) in [7, 11) is 2.96. The highest BCUT2D eigenvalue weighted by atomic mass is 35.5. The number of para-hydroxylation sites is 2. The molecule has 1 aliphatic rings. The molecule has 1 heterocycles. The zero-order chi connectivity index (χ0) is 19.4. The van der Waals surface area contributed by atoms with E-state index in [4.69, 9.17) is 25.8 Å². The first-order chi connectivity index (χ1) is 13.0. The van der Waals surface area contributed by atoms with Crippen LogP contribution in [0.4, 0.5) is 11.4 Å². The van der Waals surface area contributed by atoms with Crippen LogP contribution in [0.5, 0.6) is 17.2 Å². The third-order valence-electron chi connectivity index (χ3n) is 4.14. The Hall–Kier alpha value is -2.93. The number of carbonyl (C=O) groups is 2. The van der Waals surface area contributed by atoms with Crippen LogP contribution in [0.25, 0.3) is 0 Å². The molecule has 1 unspecified atom stereocenters. The minimum atomic E-state index is -0.628. The van der Waals surface area contributed by atoms with Crippen molar-refractivity contribution in [3.63, 3.8) is 0 Å². The number of ether oxygens (including phenoxy) is 3. The van der Waals surface area contributed by atoms with Crippen LogP contribution in [-0.2, 0) is 9.59 Å². The number of anilines is 2. The second-order valence-electron chi connectivity index (χ2n) is 5.93. The number of hydrogen-bond acceptors (Lipinski definition) is 5. The van der Waals surface area contributed by atoms with Crippen molar-refractivity contribution in [2.24, 2.45) is 5.92 Å². The summed E-state index contributed by atoms with van der Waals surface area (Å²) in [5, 5.41) is 5.84. The average Bonchev–Trinajstić information content (AvgIpc) is 2.81. The van der Waals surface area contributed by atoms with Gasteiger partial charge in [-0.2, -0.15) is 0 Å². The lowest BCUT2D eigenvalue weighted by Gasteiger charge is -2.15. The van der Waals surface area contributed by atoms with Crippen LogP contribution in [0, 0.1) is 5.92 Å². The predicted molar refractivity (Wildman–Crippen MR) is 102 cm³/mol. The number of amides is 2. The number of carbonyl (C=O) groups excluding carboxylic acids is 2. The topological polar surface area (TPSA) is 85.9 Å². The number of hydrogen-bond donors (Lipinski definition) is 2. The normalized spacial score (nSPS) is 15.7. The molecule has 0 radical (unpaired) electrons. The molecule has 8 heteroatoms. The van der Waals surface area contributed by atoms with Crippen molar-refractivity contribution in [2.45, 2.75) is 6.42 Å². The summed E-state index contributed by atoms with van der Waals surface area (Å²) >= 11 is 6.11. The second-order valence-corrected chi connectivity index (χ2v) is 6.34. The molecule has 2 N–H and O–H groups in total. The standard InChI is InChI=1S/C19H19ClN2O5/c1-25-16-9-17(26-2)14(8-12(16)20)21-18(23)7-11-10-27-15-6-4-3-5-13(15)22-19(11)24/h3-6,8-9,11H,7,10H2,1-2H3,(H,21,23)(H,22,24). The highest BCUT2D eigenvalue weighted by molar-refractivity contribution is 6.32. The van der Waals surface area contributed by atoms with Crippen LogP contribution in [0.1, 0.15) is 6.42 Å². The summed E-state index contributed by atoms with van der Waals surface area (Å²) in [6.45, 7) is 0.108. The maximum Gasteiger partial charge on any atom is 0.231 e. The summed E-state index contributed by atoms with van der Waals surface area (Å²) in [6, 6.07) is 10.3. The Labute approximate surface area is 161 Å². The van der Waals surface area contributed by atoms with Crippen molar-refractivity contribution >= 4 is 34.8 Å². The van der Waals surface area contributed by atoms with Crippen LogP contribution < -0.4 is 24.8 Å². The van der Waals surface area contributed by atoms with Gasteiger partial charge in [-0.1, -0.05) is 23.7 Å². The molecule has 0 aromatic heterocycles. The SMILES string of the molecule is COc1cc(OC)c(NC(=O)CC2COc3ccccc3NC2=O)cc1Cl. The van der Waals surface area contributed by atoms with E-state index >= 15 is 0 Å². The van der Waals surface area contributed by atoms with E-state index in [2.05, 4.69) is 10.6 Å². The van der Waals surface area contributed by atoms with E-state index in [0.717, 1.165) is 0 Å². The van der Waals surface area contributed by atoms with Crippen LogP contribution in [0.3, 0.4) is 0 Å². The monoisotopic (exact) mass is 390 g/mol. The highest BCUT2D eigenvalue weighted by Gasteiger charge is 2.27. The molecule has 142 valence electrons. The lowest BCUT2D eigenvalue weighted by atomic mass is 10.1. The molecule has 0 aliphatic carbocycles. The fourth-order valence-corrected chi connectivity index (χ4v) is 2.97. The number of halogens is 1. The van der Waals surface area contributed by atoms with E-state index in [-0.39, 0.29) is 24.8 Å². The molecule has 0 saturated carbocycles. The van der Waals surface area contributed by atoms with Crippen molar-refractivity contribution < 1.29 is 23.8 Å². The summed E-state index contributed by atoms with van der Waals surface area (Å²) in [5.74, 6) is 0.160. The van der Waals surface area contributed by atoms with E-state index in [1.165, 1.54) is 20.3 Å². The Morgan fingerprint density at radius 2 is 2.00 bits per heavy atom. The van der Waals surface area contributed by atoms with Crippen molar-refractivity contribution in [3.05, 3.63) is 41.4 Å². The molecule has 1 aliphatic heterocycles. The molecule has 7 nitrogen and oxygen atoms in total. The van der Waals surface area contributed by atoms with Gasteiger partial charge in [0.05, 0.1) is 36.5 Å². The van der Waals surface area contributed by atoms with Gasteiger partial charge in [0.25, 0.3) is 0 Å². The molecule has 0 spiro atoms. The van der Waals surface area contributed by atoms with E-state index in [1.54, 1.807) is 24.3 Å². The molecule has 0 bridgehead atoms. The Balaban J connectivity index is 1.69. The van der Waals surface area contributed by atoms with E-state index in [0.29, 0.717) is 33.6 Å². The zero-order valence-corrected chi connectivity index (χ0v) is 15.6. The van der Waals surface area contributed by atoms with E-state index in [1.807, 2.05) is 6.07 Å². The largest absolute Gasteiger partial charge is 0.495 e. The lowest BCUT2D eigenvalue weighted by molar-refractivity contribution is -0.125. The Bertz CT molecular complexity index is 871. The third-order valence-corrected chi connectivity index (χ3v) is 4.43.